The number of fused-ring (bicyclic) bond motifs is 1. The number of nitrogens with one attached hydrogen (secondary N) is 2. The normalized spacial score (nSPS) is 10.7. The average molecular weight is 463 g/mol. The highest BCUT2D eigenvalue weighted by atomic mass is 16.5. The summed E-state index contributed by atoms with van der Waals surface area (Å²) in [4.78, 5) is 25.8. The number of hydrogen-bond acceptors (Lipinski definition) is 7. The minimum absolute atomic E-state index is 0.336. The number of ether oxygens (including phenoxy) is 3. The van der Waals surface area contributed by atoms with Gasteiger partial charge in [-0.2, -0.15) is 0 Å². The standard InChI is InChI=1S/C24H26N6O4/c1-32-19-14-17(15-20(33-2)21(19)34-3)28-24(31)27-10-5-13-30-22(16-7-11-25-12-8-16)29-18-6-4-9-26-23(18)30/h4,6-9,11-12,14-15H,5,10,13H2,1-3H3,(H2,27,28,31). The van der Waals surface area contributed by atoms with Crippen LogP contribution in [0.5, 0.6) is 17.2 Å². The third-order valence-electron chi connectivity index (χ3n) is 5.21. The number of hydrogen-bond donors (Lipinski definition) is 2. The highest BCUT2D eigenvalue weighted by Crippen LogP contribution is 2.39. The van der Waals surface area contributed by atoms with Crippen LogP contribution in [-0.4, -0.2) is 53.4 Å². The maximum Gasteiger partial charge on any atom is 0.319 e. The summed E-state index contributed by atoms with van der Waals surface area (Å²) in [7, 11) is 4.57. The maximum atomic E-state index is 12.5. The zero-order valence-corrected chi connectivity index (χ0v) is 19.2. The van der Waals surface area contributed by atoms with E-state index in [1.54, 1.807) is 30.7 Å². The number of methoxy groups -OCH3 is 3. The van der Waals surface area contributed by atoms with Gasteiger partial charge in [0.25, 0.3) is 0 Å². The SMILES string of the molecule is COc1cc(NC(=O)NCCCn2c(-c3ccncc3)nc3cccnc32)cc(OC)c1OC. The van der Waals surface area contributed by atoms with Crippen molar-refractivity contribution in [2.24, 2.45) is 0 Å². The number of carbonyl (C=O) groups excluding carboxylic acids is 1. The van der Waals surface area contributed by atoms with E-state index in [0.717, 1.165) is 22.6 Å². The molecule has 0 atom stereocenters. The van der Waals surface area contributed by atoms with E-state index in [1.807, 2.05) is 24.3 Å². The molecule has 0 bridgehead atoms. The minimum Gasteiger partial charge on any atom is -0.493 e. The Balaban J connectivity index is 1.40. The summed E-state index contributed by atoms with van der Waals surface area (Å²) < 4.78 is 18.0. The van der Waals surface area contributed by atoms with E-state index in [0.29, 0.717) is 42.4 Å². The molecule has 2 amide bonds. The van der Waals surface area contributed by atoms with Crippen molar-refractivity contribution in [2.75, 3.05) is 33.2 Å². The fourth-order valence-electron chi connectivity index (χ4n) is 3.66. The number of urea groups is 1. The molecule has 0 aliphatic carbocycles. The Morgan fingerprint density at radius 3 is 2.41 bits per heavy atom. The number of rotatable bonds is 9. The molecule has 0 saturated heterocycles. The first-order valence-electron chi connectivity index (χ1n) is 10.7. The van der Waals surface area contributed by atoms with Crippen LogP contribution >= 0.6 is 0 Å². The summed E-state index contributed by atoms with van der Waals surface area (Å²) in [6.45, 7) is 1.09. The Morgan fingerprint density at radius 1 is 1.00 bits per heavy atom. The Hall–Kier alpha value is -4.34. The third-order valence-corrected chi connectivity index (χ3v) is 5.21. The van der Waals surface area contributed by atoms with E-state index in [1.165, 1.54) is 21.3 Å². The molecule has 4 rings (SSSR count). The average Bonchev–Trinajstić information content (AvgIpc) is 3.25. The van der Waals surface area contributed by atoms with Gasteiger partial charge in [0.15, 0.2) is 17.1 Å². The molecule has 3 heterocycles. The van der Waals surface area contributed by atoms with Gasteiger partial charge in [-0.15, -0.1) is 0 Å². The lowest BCUT2D eigenvalue weighted by molar-refractivity contribution is 0.252. The van der Waals surface area contributed by atoms with Crippen molar-refractivity contribution in [3.63, 3.8) is 0 Å². The van der Waals surface area contributed by atoms with E-state index >= 15 is 0 Å². The summed E-state index contributed by atoms with van der Waals surface area (Å²) in [5.74, 6) is 2.20. The van der Waals surface area contributed by atoms with Gasteiger partial charge in [0.05, 0.1) is 27.0 Å². The molecular formula is C24H26N6O4. The zero-order chi connectivity index (χ0) is 23.9. The molecule has 3 aromatic heterocycles. The van der Waals surface area contributed by atoms with E-state index in [4.69, 9.17) is 19.2 Å². The monoisotopic (exact) mass is 462 g/mol. The van der Waals surface area contributed by atoms with E-state index < -0.39 is 0 Å². The van der Waals surface area contributed by atoms with Crippen LogP contribution in [0.3, 0.4) is 0 Å². The molecule has 34 heavy (non-hydrogen) atoms. The Morgan fingerprint density at radius 2 is 1.74 bits per heavy atom. The summed E-state index contributed by atoms with van der Waals surface area (Å²) >= 11 is 0. The lowest BCUT2D eigenvalue weighted by Gasteiger charge is -2.15. The van der Waals surface area contributed by atoms with Crippen molar-refractivity contribution in [3.05, 3.63) is 55.0 Å². The number of carbonyl (C=O) groups is 1. The van der Waals surface area contributed by atoms with Gasteiger partial charge < -0.3 is 29.4 Å². The van der Waals surface area contributed by atoms with Crippen LogP contribution in [0, 0.1) is 0 Å². The molecule has 2 N–H and O–H groups in total. The molecule has 0 radical (unpaired) electrons. The topological polar surface area (TPSA) is 112 Å². The molecule has 4 aromatic rings. The number of nitrogens with zero attached hydrogens (tertiary/aromatic N) is 4. The van der Waals surface area contributed by atoms with Crippen LogP contribution in [0.1, 0.15) is 6.42 Å². The van der Waals surface area contributed by atoms with Gasteiger partial charge in [-0.3, -0.25) is 4.98 Å². The van der Waals surface area contributed by atoms with E-state index in [9.17, 15) is 4.79 Å². The number of imidazole rings is 1. The molecule has 10 heteroatoms. The van der Waals surface area contributed by atoms with Gasteiger partial charge in [0.2, 0.25) is 5.75 Å². The second-order valence-electron chi connectivity index (χ2n) is 7.32. The van der Waals surface area contributed by atoms with Crippen molar-refractivity contribution in [1.82, 2.24) is 24.8 Å². The molecule has 0 spiro atoms. The first kappa shape index (κ1) is 22.8. The first-order valence-corrected chi connectivity index (χ1v) is 10.7. The van der Waals surface area contributed by atoms with Crippen LogP contribution in [0.2, 0.25) is 0 Å². The molecule has 0 aliphatic rings. The first-order chi connectivity index (χ1) is 16.6. The van der Waals surface area contributed by atoms with Crippen LogP contribution < -0.4 is 24.8 Å². The van der Waals surface area contributed by atoms with Gasteiger partial charge in [-0.05, 0) is 30.7 Å². The van der Waals surface area contributed by atoms with Gasteiger partial charge in [0.1, 0.15) is 11.3 Å². The van der Waals surface area contributed by atoms with Crippen LogP contribution in [0.25, 0.3) is 22.6 Å². The number of aryl methyl sites for hydroxylation is 1. The van der Waals surface area contributed by atoms with E-state index in [-0.39, 0.29) is 6.03 Å². The van der Waals surface area contributed by atoms with Gasteiger partial charge >= 0.3 is 6.03 Å². The molecule has 0 fully saturated rings. The highest BCUT2D eigenvalue weighted by Gasteiger charge is 2.15. The summed E-state index contributed by atoms with van der Waals surface area (Å²) in [5.41, 5.74) is 3.11. The van der Waals surface area contributed by atoms with Gasteiger partial charge in [0, 0.05) is 49.4 Å². The highest BCUT2D eigenvalue weighted by molar-refractivity contribution is 5.90. The predicted molar refractivity (Wildman–Crippen MR) is 128 cm³/mol. The van der Waals surface area contributed by atoms with Crippen molar-refractivity contribution in [1.29, 1.82) is 0 Å². The Kier molecular flexibility index (Phi) is 7.07. The molecular weight excluding hydrogens is 436 g/mol. The Labute approximate surface area is 196 Å². The van der Waals surface area contributed by atoms with Crippen LogP contribution in [0.15, 0.2) is 55.0 Å². The maximum absolute atomic E-state index is 12.5. The number of aromatic nitrogens is 4. The number of benzene rings is 1. The molecule has 1 aromatic carbocycles. The van der Waals surface area contributed by atoms with Crippen molar-refractivity contribution in [2.45, 2.75) is 13.0 Å². The van der Waals surface area contributed by atoms with Crippen LogP contribution in [-0.2, 0) is 6.54 Å². The number of amides is 2. The second-order valence-corrected chi connectivity index (χ2v) is 7.32. The molecule has 0 unspecified atom stereocenters. The summed E-state index contributed by atoms with van der Waals surface area (Å²) in [5, 5.41) is 5.68. The molecule has 0 saturated carbocycles. The smallest absolute Gasteiger partial charge is 0.319 e. The minimum atomic E-state index is -0.336. The summed E-state index contributed by atoms with van der Waals surface area (Å²) in [6, 6.07) is 10.6. The van der Waals surface area contributed by atoms with Crippen molar-refractivity contribution < 1.29 is 19.0 Å². The summed E-state index contributed by atoms with van der Waals surface area (Å²) in [6.07, 6.45) is 5.91. The van der Waals surface area contributed by atoms with Crippen LogP contribution in [0.4, 0.5) is 10.5 Å². The third kappa shape index (κ3) is 4.85. The van der Waals surface area contributed by atoms with Crippen molar-refractivity contribution >= 4 is 22.9 Å². The zero-order valence-electron chi connectivity index (χ0n) is 19.2. The fraction of sp³-hybridized carbons (Fsp3) is 0.250. The second kappa shape index (κ2) is 10.5. The lowest BCUT2D eigenvalue weighted by Crippen LogP contribution is -2.30. The van der Waals surface area contributed by atoms with Crippen molar-refractivity contribution in [3.8, 4) is 28.6 Å². The Bertz CT molecular complexity index is 1250. The van der Waals surface area contributed by atoms with E-state index in [2.05, 4.69) is 25.2 Å². The van der Waals surface area contributed by atoms with Gasteiger partial charge in [-0.25, -0.2) is 14.8 Å². The largest absolute Gasteiger partial charge is 0.493 e. The molecule has 0 aliphatic heterocycles. The number of anilines is 1. The lowest BCUT2D eigenvalue weighted by atomic mass is 10.2. The van der Waals surface area contributed by atoms with Gasteiger partial charge in [-0.1, -0.05) is 0 Å². The molecule has 176 valence electrons. The number of pyridine rings is 2. The predicted octanol–water partition coefficient (Wildman–Crippen LogP) is 3.73. The quantitative estimate of drug-likeness (QED) is 0.365. The molecule has 10 nitrogen and oxygen atoms in total. The fourth-order valence-corrected chi connectivity index (χ4v) is 3.66.